The Morgan fingerprint density at radius 3 is 2.94 bits per heavy atom. The first-order chi connectivity index (χ1) is 8.53. The van der Waals surface area contributed by atoms with Gasteiger partial charge in [0.25, 0.3) is 0 Å². The van der Waals surface area contributed by atoms with E-state index >= 15 is 0 Å². The fraction of sp³-hybridized carbons (Fsp3) is 0.583. The number of nitrogens with zero attached hydrogens (tertiary/aromatic N) is 2. The average Bonchev–Trinajstić information content (AvgIpc) is 2.33. The van der Waals surface area contributed by atoms with E-state index in [2.05, 4.69) is 9.88 Å². The molecule has 1 aliphatic heterocycles. The van der Waals surface area contributed by atoms with E-state index in [9.17, 15) is 8.42 Å². The number of aromatic nitrogens is 1. The van der Waals surface area contributed by atoms with Crippen molar-refractivity contribution in [2.45, 2.75) is 19.0 Å². The number of sulfone groups is 1. The van der Waals surface area contributed by atoms with Crippen LogP contribution in [0.2, 0.25) is 0 Å². The predicted molar refractivity (Wildman–Crippen MR) is 70.9 cm³/mol. The molecule has 1 aromatic heterocycles. The van der Waals surface area contributed by atoms with Gasteiger partial charge in [-0.3, -0.25) is 9.88 Å². The quantitative estimate of drug-likeness (QED) is 0.848. The fourth-order valence-corrected chi connectivity index (χ4v) is 4.09. The zero-order valence-corrected chi connectivity index (χ0v) is 11.3. The Morgan fingerprint density at radius 2 is 2.39 bits per heavy atom. The van der Waals surface area contributed by atoms with Gasteiger partial charge < -0.3 is 5.73 Å². The van der Waals surface area contributed by atoms with Crippen molar-refractivity contribution in [3.63, 3.8) is 0 Å². The molecule has 0 radical (unpaired) electrons. The van der Waals surface area contributed by atoms with Gasteiger partial charge in [-0.25, -0.2) is 8.42 Å². The van der Waals surface area contributed by atoms with Crippen molar-refractivity contribution >= 4 is 9.84 Å². The van der Waals surface area contributed by atoms with Gasteiger partial charge in [-0.2, -0.15) is 0 Å². The molecule has 0 amide bonds. The van der Waals surface area contributed by atoms with Crippen LogP contribution in [0.25, 0.3) is 0 Å². The van der Waals surface area contributed by atoms with Crippen molar-refractivity contribution in [3.8, 4) is 0 Å². The molecule has 5 nitrogen and oxygen atoms in total. The largest absolute Gasteiger partial charge is 0.329 e. The highest BCUT2D eigenvalue weighted by molar-refractivity contribution is 7.91. The molecule has 2 N–H and O–H groups in total. The van der Waals surface area contributed by atoms with Crippen molar-refractivity contribution in [1.29, 1.82) is 0 Å². The summed E-state index contributed by atoms with van der Waals surface area (Å²) in [6.07, 6.45) is 3.52. The lowest BCUT2D eigenvalue weighted by Gasteiger charge is -2.38. The van der Waals surface area contributed by atoms with Gasteiger partial charge in [-0.05, 0) is 18.6 Å². The highest BCUT2D eigenvalue weighted by Crippen LogP contribution is 2.24. The number of pyridine rings is 1. The van der Waals surface area contributed by atoms with E-state index < -0.39 is 9.84 Å². The summed E-state index contributed by atoms with van der Waals surface area (Å²) < 4.78 is 23.2. The second-order valence-electron chi connectivity index (χ2n) is 4.74. The van der Waals surface area contributed by atoms with Crippen molar-refractivity contribution in [2.75, 3.05) is 24.6 Å². The van der Waals surface area contributed by atoms with Crippen LogP contribution in [0.5, 0.6) is 0 Å². The molecule has 0 spiro atoms. The highest BCUT2D eigenvalue weighted by atomic mass is 32.2. The molecule has 6 heteroatoms. The zero-order valence-electron chi connectivity index (χ0n) is 10.5. The van der Waals surface area contributed by atoms with Gasteiger partial charge in [-0.1, -0.05) is 6.07 Å². The Hall–Kier alpha value is -0.980. The molecule has 2 rings (SSSR count). The van der Waals surface area contributed by atoms with E-state index in [1.165, 1.54) is 0 Å². The van der Waals surface area contributed by atoms with Crippen LogP contribution in [0, 0.1) is 0 Å². The van der Waals surface area contributed by atoms with Gasteiger partial charge in [0.1, 0.15) is 0 Å². The summed E-state index contributed by atoms with van der Waals surface area (Å²) in [5.41, 5.74) is 6.89. The van der Waals surface area contributed by atoms with Gasteiger partial charge in [0.2, 0.25) is 0 Å². The molecule has 1 fully saturated rings. The van der Waals surface area contributed by atoms with Crippen LogP contribution in [0.4, 0.5) is 0 Å². The first kappa shape index (κ1) is 13.5. The third kappa shape index (κ3) is 2.88. The lowest BCUT2D eigenvalue weighted by Crippen LogP contribution is -2.50. The molecule has 1 saturated heterocycles. The van der Waals surface area contributed by atoms with Gasteiger partial charge in [0.05, 0.1) is 11.5 Å². The van der Waals surface area contributed by atoms with Crippen LogP contribution in [0.15, 0.2) is 24.5 Å². The van der Waals surface area contributed by atoms with Crippen LogP contribution in [0.3, 0.4) is 0 Å². The van der Waals surface area contributed by atoms with E-state index in [-0.39, 0.29) is 23.6 Å². The summed E-state index contributed by atoms with van der Waals surface area (Å²) in [6, 6.07) is 3.91. The van der Waals surface area contributed by atoms with E-state index in [1.54, 1.807) is 12.4 Å². The van der Waals surface area contributed by atoms with Crippen LogP contribution >= 0.6 is 0 Å². The van der Waals surface area contributed by atoms with Gasteiger partial charge in [-0.15, -0.1) is 0 Å². The maximum atomic E-state index is 11.6. The van der Waals surface area contributed by atoms with Crippen LogP contribution < -0.4 is 5.73 Å². The topological polar surface area (TPSA) is 76.3 Å². The lowest BCUT2D eigenvalue weighted by atomic mass is 10.1. The first-order valence-electron chi connectivity index (χ1n) is 6.09. The SMILES string of the molecule is CC1CS(=O)(=O)CCN1C(CN)c1cccnc1. The third-order valence-electron chi connectivity index (χ3n) is 3.41. The molecule has 1 aromatic rings. The molecule has 0 aliphatic carbocycles. The summed E-state index contributed by atoms with van der Waals surface area (Å²) in [5, 5.41) is 0. The minimum atomic E-state index is -2.89. The summed E-state index contributed by atoms with van der Waals surface area (Å²) in [4.78, 5) is 6.27. The molecule has 0 saturated carbocycles. The Balaban J connectivity index is 2.19. The maximum Gasteiger partial charge on any atom is 0.153 e. The number of nitrogens with two attached hydrogens (primary N) is 1. The van der Waals surface area contributed by atoms with E-state index in [0.29, 0.717) is 13.1 Å². The number of rotatable bonds is 3. The highest BCUT2D eigenvalue weighted by Gasteiger charge is 2.32. The zero-order chi connectivity index (χ0) is 13.2. The van der Waals surface area contributed by atoms with Crippen molar-refractivity contribution in [1.82, 2.24) is 9.88 Å². The first-order valence-corrected chi connectivity index (χ1v) is 7.92. The Morgan fingerprint density at radius 1 is 1.61 bits per heavy atom. The average molecular weight is 269 g/mol. The number of hydrogen-bond acceptors (Lipinski definition) is 5. The van der Waals surface area contributed by atoms with Gasteiger partial charge in [0, 0.05) is 37.6 Å². The van der Waals surface area contributed by atoms with Crippen LogP contribution in [0.1, 0.15) is 18.5 Å². The molecule has 1 aliphatic rings. The fourth-order valence-electron chi connectivity index (χ4n) is 2.51. The van der Waals surface area contributed by atoms with Gasteiger partial charge >= 0.3 is 0 Å². The minimum Gasteiger partial charge on any atom is -0.329 e. The molecule has 100 valence electrons. The molecule has 0 bridgehead atoms. The van der Waals surface area contributed by atoms with E-state index in [0.717, 1.165) is 5.56 Å². The normalized spacial score (nSPS) is 25.8. The summed E-state index contributed by atoms with van der Waals surface area (Å²) in [7, 11) is -2.89. The second kappa shape index (κ2) is 5.34. The Labute approximate surface area is 108 Å². The molecule has 2 heterocycles. The van der Waals surface area contributed by atoms with Crippen molar-refractivity contribution in [3.05, 3.63) is 30.1 Å². The second-order valence-corrected chi connectivity index (χ2v) is 6.97. The van der Waals surface area contributed by atoms with Crippen molar-refractivity contribution < 1.29 is 8.42 Å². The Bertz CT molecular complexity index is 489. The summed E-state index contributed by atoms with van der Waals surface area (Å²) in [5.74, 6) is 0.428. The van der Waals surface area contributed by atoms with Crippen LogP contribution in [-0.2, 0) is 9.84 Å². The predicted octanol–water partition coefficient (Wildman–Crippen LogP) is 0.200. The lowest BCUT2D eigenvalue weighted by molar-refractivity contribution is 0.161. The third-order valence-corrected chi connectivity index (χ3v) is 5.21. The number of hydrogen-bond donors (Lipinski definition) is 1. The maximum absolute atomic E-state index is 11.6. The van der Waals surface area contributed by atoms with Crippen molar-refractivity contribution in [2.24, 2.45) is 5.73 Å². The molecule has 18 heavy (non-hydrogen) atoms. The summed E-state index contributed by atoms with van der Waals surface area (Å²) >= 11 is 0. The molecular formula is C12H19N3O2S. The van der Waals surface area contributed by atoms with Crippen LogP contribution in [-0.4, -0.2) is 48.9 Å². The smallest absolute Gasteiger partial charge is 0.153 e. The van der Waals surface area contributed by atoms with Gasteiger partial charge in [0.15, 0.2) is 9.84 Å². The molecule has 2 unspecified atom stereocenters. The molecule has 2 atom stereocenters. The summed E-state index contributed by atoms with van der Waals surface area (Å²) in [6.45, 7) is 2.95. The Kier molecular flexibility index (Phi) is 3.99. The standard InChI is InChI=1S/C12H19N3O2S/c1-10-9-18(16,17)6-5-15(10)12(7-13)11-3-2-4-14-8-11/h2-4,8,10,12H,5-7,9,13H2,1H3. The molecule has 0 aromatic carbocycles. The monoisotopic (exact) mass is 269 g/mol. The molecular weight excluding hydrogens is 250 g/mol. The van der Waals surface area contributed by atoms with E-state index in [1.807, 2.05) is 19.1 Å². The minimum absolute atomic E-state index is 0.00231. The van der Waals surface area contributed by atoms with E-state index in [4.69, 9.17) is 5.73 Å².